The largest absolute Gasteiger partial charge is 0.508 e. The zero-order valence-corrected chi connectivity index (χ0v) is 41.4. The van der Waals surface area contributed by atoms with E-state index in [4.69, 9.17) is 4.74 Å². The van der Waals surface area contributed by atoms with Crippen LogP contribution in [-0.4, -0.2) is 117 Å². The topological polar surface area (TPSA) is 145 Å². The van der Waals surface area contributed by atoms with Gasteiger partial charge in [0.25, 0.3) is 0 Å². The Morgan fingerprint density at radius 2 is 1.67 bits per heavy atom. The van der Waals surface area contributed by atoms with Crippen LogP contribution in [0.1, 0.15) is 89.8 Å². The van der Waals surface area contributed by atoms with Gasteiger partial charge in [0.05, 0.1) is 29.7 Å². The zero-order valence-electron chi connectivity index (χ0n) is 41.4. The number of phenols is 1. The number of hydrogen-bond donors (Lipinski definition) is 2. The summed E-state index contributed by atoms with van der Waals surface area (Å²) in [7, 11) is 1.65. The van der Waals surface area contributed by atoms with Crippen LogP contribution in [0.5, 0.6) is 5.75 Å². The Bertz CT molecular complexity index is 2660. The van der Waals surface area contributed by atoms with E-state index >= 15 is 9.59 Å². The summed E-state index contributed by atoms with van der Waals surface area (Å²) < 4.78 is 8.56. The summed E-state index contributed by atoms with van der Waals surface area (Å²) in [4.78, 5) is 76.3. The summed E-state index contributed by atoms with van der Waals surface area (Å²) in [5, 5.41) is 14.1. The number of carbonyl (C=O) groups excluding carboxylic acids is 5. The minimum Gasteiger partial charge on any atom is -0.508 e. The average molecular weight is 939 g/mol. The maximum Gasteiger partial charge on any atom is 0.324 e. The van der Waals surface area contributed by atoms with E-state index in [2.05, 4.69) is 84.7 Å². The summed E-state index contributed by atoms with van der Waals surface area (Å²) in [6.07, 6.45) is 6.30. The maximum atomic E-state index is 15.2. The van der Waals surface area contributed by atoms with Gasteiger partial charge in [-0.2, -0.15) is 0 Å². The first-order chi connectivity index (χ1) is 33.0. The number of fused-ring (bicyclic) bond motifs is 6. The van der Waals surface area contributed by atoms with Crippen LogP contribution in [0, 0.1) is 28.6 Å². The number of hydrogen-bond acceptors (Lipinski definition) is 9. The molecule has 5 atom stereocenters. The quantitative estimate of drug-likeness (QED) is 0.122. The molecule has 4 aromatic rings. The fourth-order valence-corrected chi connectivity index (χ4v) is 12.1. The molecule has 0 radical (unpaired) electrons. The molecule has 13 heteroatoms. The molecule has 6 bridgehead atoms. The van der Waals surface area contributed by atoms with Gasteiger partial charge >= 0.3 is 5.97 Å². The number of cyclic esters (lactones) is 1. The monoisotopic (exact) mass is 939 g/mol. The van der Waals surface area contributed by atoms with Gasteiger partial charge < -0.3 is 24.2 Å². The molecule has 69 heavy (non-hydrogen) atoms. The second-order valence-electron chi connectivity index (χ2n) is 21.7. The molecular formula is C56H70N6O7. The van der Waals surface area contributed by atoms with E-state index in [0.717, 1.165) is 65.0 Å². The van der Waals surface area contributed by atoms with Crippen LogP contribution in [0.3, 0.4) is 0 Å². The van der Waals surface area contributed by atoms with Gasteiger partial charge in [0, 0.05) is 62.0 Å². The van der Waals surface area contributed by atoms with Gasteiger partial charge in [-0.1, -0.05) is 70.7 Å². The number of carbonyl (C=O) groups is 5. The lowest BCUT2D eigenvalue weighted by molar-refractivity contribution is -0.156. The molecule has 4 aliphatic heterocycles. The van der Waals surface area contributed by atoms with Crippen LogP contribution in [0.4, 0.5) is 0 Å². The molecule has 9 rings (SSSR count). The third-order valence-corrected chi connectivity index (χ3v) is 15.7. The van der Waals surface area contributed by atoms with Crippen molar-refractivity contribution in [1.29, 1.82) is 0 Å². The molecule has 1 spiro atoms. The van der Waals surface area contributed by atoms with Crippen molar-refractivity contribution in [2.24, 2.45) is 28.6 Å². The smallest absolute Gasteiger partial charge is 0.324 e. The number of likely N-dealkylation sites (N-methyl/N-ethyl adjacent to an activating group) is 1. The number of Topliss-reactive ketones (excluding diaryl/α,β-unsaturated/α-hetero) is 1. The van der Waals surface area contributed by atoms with Gasteiger partial charge in [-0.3, -0.25) is 33.9 Å². The number of ether oxygens (including phenoxy) is 1. The Kier molecular flexibility index (Phi) is 13.4. The summed E-state index contributed by atoms with van der Waals surface area (Å²) >= 11 is 0. The molecule has 2 N–H and O–H groups in total. The molecule has 3 aromatic carbocycles. The molecule has 1 aromatic heterocycles. The van der Waals surface area contributed by atoms with E-state index in [-0.39, 0.29) is 61.2 Å². The number of esters is 1. The highest BCUT2D eigenvalue weighted by Gasteiger charge is 2.66. The van der Waals surface area contributed by atoms with E-state index in [1.165, 1.54) is 34.4 Å². The zero-order chi connectivity index (χ0) is 48.9. The Balaban J connectivity index is 1.10. The highest BCUT2D eigenvalue weighted by molar-refractivity contribution is 6.01. The molecule has 2 unspecified atom stereocenters. The van der Waals surface area contributed by atoms with Crippen molar-refractivity contribution < 1.29 is 33.8 Å². The minimum atomic E-state index is -1.21. The molecule has 13 nitrogen and oxygen atoms in total. The van der Waals surface area contributed by atoms with Crippen LogP contribution < -0.4 is 5.43 Å². The van der Waals surface area contributed by atoms with Crippen LogP contribution in [0.15, 0.2) is 73.3 Å². The molecule has 3 amide bonds. The molecule has 1 saturated carbocycles. The van der Waals surface area contributed by atoms with Crippen molar-refractivity contribution in [3.8, 4) is 28.1 Å². The number of aryl methyl sites for hydroxylation is 1. The standard InChI is InChI=1S/C56H70N6O7/c1-8-48(64)60-24-20-40(33-60)52(66)58(7)49(35(3)4)51(65)45-31-56(45)29-37-25-41(27-42(63)26-37)39-18-19-47-43(28-39)44(30-55(5,6)34-69-53(67)46-13-12-23-62(57-46)54(56)68)50(61(47)9-2)38-16-14-36(15-17-38)32-59-21-10-11-22-59/h8,14-19,25-28,35,40,45-46,49,57,63H,1,9-13,20-24,29-34H2,2-7H3/t40-,45?,46-,49-,56?/m0/s1. The lowest BCUT2D eigenvalue weighted by Crippen LogP contribution is -2.58. The first-order valence-corrected chi connectivity index (χ1v) is 25.3. The normalized spacial score (nSPS) is 24.4. The fraction of sp³-hybridized carbons (Fsp3) is 0.518. The Hall–Kier alpha value is -5.79. The second-order valence-corrected chi connectivity index (χ2v) is 21.7. The number of hydrazine groups is 1. The van der Waals surface area contributed by atoms with Gasteiger partial charge in [0.2, 0.25) is 17.7 Å². The summed E-state index contributed by atoms with van der Waals surface area (Å²) in [5.41, 5.74) is 9.74. The number of amides is 3. The van der Waals surface area contributed by atoms with Crippen molar-refractivity contribution in [3.63, 3.8) is 0 Å². The number of likely N-dealkylation sites (tertiary alicyclic amines) is 2. The van der Waals surface area contributed by atoms with Crippen molar-refractivity contribution in [2.45, 2.75) is 111 Å². The average Bonchev–Trinajstić information content (AvgIpc) is 3.68. The molecule has 1 aliphatic carbocycles. The summed E-state index contributed by atoms with van der Waals surface area (Å²) in [5.74, 6) is -2.76. The minimum absolute atomic E-state index is 0.0511. The second kappa shape index (κ2) is 19.2. The van der Waals surface area contributed by atoms with E-state index < -0.39 is 40.7 Å². The summed E-state index contributed by atoms with van der Waals surface area (Å²) in [6, 6.07) is 19.3. The highest BCUT2D eigenvalue weighted by Crippen LogP contribution is 2.58. The Morgan fingerprint density at radius 1 is 0.928 bits per heavy atom. The lowest BCUT2D eigenvalue weighted by Gasteiger charge is -2.36. The van der Waals surface area contributed by atoms with Gasteiger partial charge in [-0.25, -0.2) is 5.43 Å². The number of rotatable bonds is 10. The predicted octanol–water partition coefficient (Wildman–Crippen LogP) is 7.55. The Labute approximate surface area is 406 Å². The van der Waals surface area contributed by atoms with Crippen LogP contribution in [0.25, 0.3) is 33.3 Å². The molecule has 3 saturated heterocycles. The number of aromatic hydroxyl groups is 1. The number of nitrogens with one attached hydrogen (secondary N) is 1. The van der Waals surface area contributed by atoms with E-state index in [0.29, 0.717) is 44.3 Å². The molecule has 4 fully saturated rings. The van der Waals surface area contributed by atoms with Crippen LogP contribution in [0.2, 0.25) is 0 Å². The van der Waals surface area contributed by atoms with Gasteiger partial charge in [-0.15, -0.1) is 0 Å². The maximum absolute atomic E-state index is 15.2. The molecule has 5 aliphatic rings. The number of nitrogens with zero attached hydrogens (tertiary/aromatic N) is 5. The van der Waals surface area contributed by atoms with Crippen molar-refractivity contribution in [3.05, 3.63) is 90.0 Å². The van der Waals surface area contributed by atoms with E-state index in [9.17, 15) is 19.5 Å². The van der Waals surface area contributed by atoms with E-state index in [1.54, 1.807) is 24.1 Å². The van der Waals surface area contributed by atoms with Crippen molar-refractivity contribution >= 4 is 40.4 Å². The molecular weight excluding hydrogens is 869 g/mol. The first kappa shape index (κ1) is 48.2. The third kappa shape index (κ3) is 9.48. The van der Waals surface area contributed by atoms with E-state index in [1.807, 2.05) is 19.9 Å². The van der Waals surface area contributed by atoms with Gasteiger partial charge in [0.15, 0.2) is 5.78 Å². The summed E-state index contributed by atoms with van der Waals surface area (Å²) in [6.45, 7) is 19.0. The number of aromatic nitrogens is 1. The molecule has 366 valence electrons. The lowest BCUT2D eigenvalue weighted by atomic mass is 9.84. The third-order valence-electron chi connectivity index (χ3n) is 15.7. The first-order valence-electron chi connectivity index (χ1n) is 25.3. The van der Waals surface area contributed by atoms with Gasteiger partial charge in [-0.05, 0) is 141 Å². The highest BCUT2D eigenvalue weighted by atomic mass is 16.5. The Morgan fingerprint density at radius 3 is 2.38 bits per heavy atom. The number of phenolic OH excluding ortho intramolecular Hbond substituents is 1. The van der Waals surface area contributed by atoms with Crippen LogP contribution >= 0.6 is 0 Å². The van der Waals surface area contributed by atoms with Crippen molar-refractivity contribution in [2.75, 3.05) is 46.4 Å². The van der Waals surface area contributed by atoms with Crippen LogP contribution in [-0.2, 0) is 54.6 Å². The predicted molar refractivity (Wildman–Crippen MR) is 267 cm³/mol. The number of benzene rings is 3. The van der Waals surface area contributed by atoms with Crippen molar-refractivity contribution in [1.82, 2.24) is 29.7 Å². The van der Waals surface area contributed by atoms with Gasteiger partial charge in [0.1, 0.15) is 11.8 Å². The molecule has 5 heterocycles. The number of ketones is 1. The fourth-order valence-electron chi connectivity index (χ4n) is 12.1. The SMILES string of the molecule is C=CC(=O)N1CC[C@H](C(=O)N(C)[C@H](C(=O)C2CC23Cc2cc(O)cc(c2)-c2ccc4c(c2)c(c(-c2ccc(CN5CCCC5)cc2)n4CC)CC(C)(C)COC(=O)[C@@H]2CCCN(N2)C3=O)C(C)C)C1.